The van der Waals surface area contributed by atoms with Gasteiger partial charge in [0.25, 0.3) is 0 Å². The van der Waals surface area contributed by atoms with Crippen molar-refractivity contribution in [3.63, 3.8) is 0 Å². The second-order valence-corrected chi connectivity index (χ2v) is 5.94. The fourth-order valence-corrected chi connectivity index (χ4v) is 4.24. The maximum Gasteiger partial charge on any atom is 0.317 e. The number of fused-ring (bicyclic) bond motifs is 1. The number of thioether (sulfide) groups is 1. The molecule has 2 amide bonds. The van der Waals surface area contributed by atoms with Gasteiger partial charge in [0.05, 0.1) is 12.1 Å². The Labute approximate surface area is 105 Å². The molecule has 5 nitrogen and oxygen atoms in total. The zero-order valence-corrected chi connectivity index (χ0v) is 10.7. The molecule has 0 aromatic rings. The third kappa shape index (κ3) is 2.68. The maximum atomic E-state index is 11.5. The SMILES string of the molecule is CN1C(=O)NC2CSC(CCCCC(=O)O)C21. The average Bonchev–Trinajstić information content (AvgIpc) is 2.77. The van der Waals surface area contributed by atoms with E-state index < -0.39 is 5.97 Å². The van der Waals surface area contributed by atoms with Crippen molar-refractivity contribution in [1.82, 2.24) is 10.2 Å². The number of carbonyl (C=O) groups excluding carboxylic acids is 1. The number of carboxylic acid groups (broad SMARTS) is 1. The summed E-state index contributed by atoms with van der Waals surface area (Å²) >= 11 is 1.90. The summed E-state index contributed by atoms with van der Waals surface area (Å²) in [4.78, 5) is 23.7. The molecule has 2 aliphatic heterocycles. The molecule has 3 unspecified atom stereocenters. The molecule has 2 saturated heterocycles. The Morgan fingerprint density at radius 3 is 3.06 bits per heavy atom. The number of urea groups is 1. The summed E-state index contributed by atoms with van der Waals surface area (Å²) in [6, 6.07) is 0.593. The van der Waals surface area contributed by atoms with Crippen molar-refractivity contribution < 1.29 is 14.7 Å². The van der Waals surface area contributed by atoms with Crippen LogP contribution in [0.4, 0.5) is 4.79 Å². The fraction of sp³-hybridized carbons (Fsp3) is 0.818. The molecule has 0 bridgehead atoms. The van der Waals surface area contributed by atoms with Crippen molar-refractivity contribution in [3.8, 4) is 0 Å². The summed E-state index contributed by atoms with van der Waals surface area (Å²) in [7, 11) is 1.84. The van der Waals surface area contributed by atoms with Crippen molar-refractivity contribution in [2.75, 3.05) is 12.8 Å². The summed E-state index contributed by atoms with van der Waals surface area (Å²) in [5.74, 6) is 0.251. The number of nitrogens with zero attached hydrogens (tertiary/aromatic N) is 1. The van der Waals surface area contributed by atoms with Crippen LogP contribution >= 0.6 is 11.8 Å². The standard InChI is InChI=1S/C11H18N2O3S/c1-13-10-7(12-11(13)16)6-17-8(10)4-2-3-5-9(14)15/h7-8,10H,2-6H2,1H3,(H,12,16)(H,14,15). The summed E-state index contributed by atoms with van der Waals surface area (Å²) in [5.41, 5.74) is 0. The Kier molecular flexibility index (Phi) is 3.81. The van der Waals surface area contributed by atoms with E-state index >= 15 is 0 Å². The third-order valence-electron chi connectivity index (χ3n) is 3.49. The molecular formula is C11H18N2O3S. The number of amides is 2. The van der Waals surface area contributed by atoms with Crippen LogP contribution < -0.4 is 5.32 Å². The lowest BCUT2D eigenvalue weighted by Crippen LogP contribution is -2.38. The summed E-state index contributed by atoms with van der Waals surface area (Å²) < 4.78 is 0. The Hall–Kier alpha value is -0.910. The number of carbonyl (C=O) groups is 2. The van der Waals surface area contributed by atoms with Crippen molar-refractivity contribution >= 4 is 23.8 Å². The molecule has 2 N–H and O–H groups in total. The minimum atomic E-state index is -0.725. The van der Waals surface area contributed by atoms with E-state index in [-0.39, 0.29) is 24.5 Å². The van der Waals surface area contributed by atoms with Gasteiger partial charge in [-0.1, -0.05) is 6.42 Å². The lowest BCUT2D eigenvalue weighted by Gasteiger charge is -2.23. The van der Waals surface area contributed by atoms with Gasteiger partial charge in [0.1, 0.15) is 0 Å². The van der Waals surface area contributed by atoms with Gasteiger partial charge in [0.2, 0.25) is 0 Å². The van der Waals surface area contributed by atoms with E-state index in [4.69, 9.17) is 5.11 Å². The molecule has 96 valence electrons. The number of nitrogens with one attached hydrogen (secondary N) is 1. The van der Waals surface area contributed by atoms with E-state index in [2.05, 4.69) is 5.32 Å². The van der Waals surface area contributed by atoms with Crippen molar-refractivity contribution in [2.24, 2.45) is 0 Å². The molecule has 2 aliphatic rings. The summed E-state index contributed by atoms with van der Waals surface area (Å²) in [6.07, 6.45) is 2.90. The van der Waals surface area contributed by atoms with E-state index in [1.165, 1.54) is 0 Å². The highest BCUT2D eigenvalue weighted by molar-refractivity contribution is 8.00. The zero-order chi connectivity index (χ0) is 12.4. The Morgan fingerprint density at radius 2 is 2.35 bits per heavy atom. The molecule has 0 aromatic carbocycles. The van der Waals surface area contributed by atoms with Gasteiger partial charge in [-0.05, 0) is 12.8 Å². The molecule has 0 radical (unpaired) electrons. The van der Waals surface area contributed by atoms with Crippen LogP contribution in [0.1, 0.15) is 25.7 Å². The second kappa shape index (κ2) is 5.16. The number of rotatable bonds is 5. The Bertz CT molecular complexity index is 324. The lowest BCUT2D eigenvalue weighted by atomic mass is 10.0. The smallest absolute Gasteiger partial charge is 0.317 e. The van der Waals surface area contributed by atoms with Crippen LogP contribution in [0.5, 0.6) is 0 Å². The van der Waals surface area contributed by atoms with Gasteiger partial charge < -0.3 is 15.3 Å². The normalized spacial score (nSPS) is 31.5. The number of likely N-dealkylation sites (N-methyl/N-ethyl adjacent to an activating group) is 1. The zero-order valence-electron chi connectivity index (χ0n) is 9.89. The van der Waals surface area contributed by atoms with Crippen molar-refractivity contribution in [2.45, 2.75) is 43.0 Å². The molecule has 17 heavy (non-hydrogen) atoms. The van der Waals surface area contributed by atoms with E-state index in [1.54, 1.807) is 4.90 Å². The molecular weight excluding hydrogens is 240 g/mol. The Balaban J connectivity index is 1.78. The molecule has 0 spiro atoms. The molecule has 0 saturated carbocycles. The van der Waals surface area contributed by atoms with Crippen LogP contribution in [-0.4, -0.2) is 52.1 Å². The second-order valence-electron chi connectivity index (χ2n) is 4.67. The number of aliphatic carboxylic acids is 1. The van der Waals surface area contributed by atoms with E-state index in [9.17, 15) is 9.59 Å². The molecule has 2 fully saturated rings. The largest absolute Gasteiger partial charge is 0.481 e. The van der Waals surface area contributed by atoms with Crippen LogP contribution in [0.25, 0.3) is 0 Å². The van der Waals surface area contributed by atoms with Gasteiger partial charge in [-0.15, -0.1) is 0 Å². The predicted molar refractivity (Wildman–Crippen MR) is 66.2 cm³/mol. The maximum absolute atomic E-state index is 11.5. The first-order valence-corrected chi connectivity index (χ1v) is 7.01. The molecule has 2 heterocycles. The van der Waals surface area contributed by atoms with E-state index in [1.807, 2.05) is 18.8 Å². The molecule has 6 heteroatoms. The minimum Gasteiger partial charge on any atom is -0.481 e. The first-order chi connectivity index (χ1) is 8.09. The first kappa shape index (κ1) is 12.5. The predicted octanol–water partition coefficient (Wildman–Crippen LogP) is 1.14. The number of hydrogen-bond donors (Lipinski definition) is 2. The Morgan fingerprint density at radius 1 is 1.59 bits per heavy atom. The van der Waals surface area contributed by atoms with Gasteiger partial charge in [-0.2, -0.15) is 11.8 Å². The van der Waals surface area contributed by atoms with Crippen molar-refractivity contribution in [3.05, 3.63) is 0 Å². The number of carboxylic acids is 1. The lowest BCUT2D eigenvalue weighted by molar-refractivity contribution is -0.137. The summed E-state index contributed by atoms with van der Waals surface area (Å²) in [6.45, 7) is 0. The van der Waals surface area contributed by atoms with Gasteiger partial charge in [-0.25, -0.2) is 4.79 Å². The first-order valence-electron chi connectivity index (χ1n) is 5.96. The number of unbranched alkanes of at least 4 members (excludes halogenated alkanes) is 1. The van der Waals surface area contributed by atoms with Gasteiger partial charge in [0, 0.05) is 24.5 Å². The summed E-state index contributed by atoms with van der Waals surface area (Å²) in [5, 5.41) is 12.0. The molecule has 3 atom stereocenters. The average molecular weight is 258 g/mol. The molecule has 0 aromatic heterocycles. The third-order valence-corrected chi connectivity index (χ3v) is 4.98. The van der Waals surface area contributed by atoms with E-state index in [0.29, 0.717) is 5.25 Å². The van der Waals surface area contributed by atoms with Crippen LogP contribution in [0.2, 0.25) is 0 Å². The molecule has 2 rings (SSSR count). The quantitative estimate of drug-likeness (QED) is 0.573. The highest BCUT2D eigenvalue weighted by atomic mass is 32.2. The van der Waals surface area contributed by atoms with Crippen LogP contribution in [-0.2, 0) is 4.79 Å². The monoisotopic (exact) mass is 258 g/mol. The van der Waals surface area contributed by atoms with Crippen molar-refractivity contribution in [1.29, 1.82) is 0 Å². The van der Waals surface area contributed by atoms with Gasteiger partial charge >= 0.3 is 12.0 Å². The fourth-order valence-electron chi connectivity index (χ4n) is 2.60. The van der Waals surface area contributed by atoms with Crippen LogP contribution in [0.3, 0.4) is 0 Å². The van der Waals surface area contributed by atoms with E-state index in [0.717, 1.165) is 25.0 Å². The molecule has 0 aliphatic carbocycles. The topological polar surface area (TPSA) is 69.6 Å². The number of hydrogen-bond acceptors (Lipinski definition) is 3. The highest BCUT2D eigenvalue weighted by Crippen LogP contribution is 2.36. The highest BCUT2D eigenvalue weighted by Gasteiger charge is 2.46. The minimum absolute atomic E-state index is 0.0239. The van der Waals surface area contributed by atoms with Gasteiger partial charge in [-0.3, -0.25) is 4.79 Å². The van der Waals surface area contributed by atoms with Crippen LogP contribution in [0, 0.1) is 0 Å². The van der Waals surface area contributed by atoms with Gasteiger partial charge in [0.15, 0.2) is 0 Å². The van der Waals surface area contributed by atoms with Crippen LogP contribution in [0.15, 0.2) is 0 Å².